The lowest BCUT2D eigenvalue weighted by Crippen LogP contribution is -2.19. The molecule has 0 unspecified atom stereocenters. The summed E-state index contributed by atoms with van der Waals surface area (Å²) in [6, 6.07) is 0.840. The molecule has 0 bridgehead atoms. The van der Waals surface area contributed by atoms with E-state index in [1.54, 1.807) is 0 Å². The lowest BCUT2D eigenvalue weighted by molar-refractivity contribution is 0.0696. The second-order valence-electron chi connectivity index (χ2n) is 2.95. The van der Waals surface area contributed by atoms with E-state index in [1.807, 2.05) is 0 Å². The van der Waals surface area contributed by atoms with Gasteiger partial charge in [0.2, 0.25) is 0 Å². The second-order valence-corrected chi connectivity index (χ2v) is 2.95. The zero-order valence-corrected chi connectivity index (χ0v) is 8.64. The number of primary amides is 1. The van der Waals surface area contributed by atoms with Gasteiger partial charge in [-0.1, -0.05) is 0 Å². The molecule has 0 aliphatic heterocycles. The predicted octanol–water partition coefficient (Wildman–Crippen LogP) is 0.426. The maximum Gasteiger partial charge on any atom is 0.404 e. The van der Waals surface area contributed by atoms with Crippen molar-refractivity contribution in [2.24, 2.45) is 5.73 Å². The number of halogens is 1. The van der Waals surface area contributed by atoms with Gasteiger partial charge in [0, 0.05) is 0 Å². The molecule has 7 nitrogen and oxygen atoms in total. The number of nitrogens with two attached hydrogens (primary N) is 1. The number of hydrogen-bond acceptors (Lipinski definition) is 5. The first-order valence-corrected chi connectivity index (χ1v) is 4.55. The number of carboxylic acid groups (broad SMARTS) is 1. The van der Waals surface area contributed by atoms with Gasteiger partial charge in [0.1, 0.15) is 23.8 Å². The van der Waals surface area contributed by atoms with E-state index < -0.39 is 17.9 Å². The lowest BCUT2D eigenvalue weighted by Gasteiger charge is -2.08. The number of amides is 1. The number of carboxylic acids is 1. The molecule has 1 aromatic heterocycles. The molecule has 0 aliphatic carbocycles. The predicted molar refractivity (Wildman–Crippen MR) is 55.2 cm³/mol. The van der Waals surface area contributed by atoms with Gasteiger partial charge >= 0.3 is 12.1 Å². The molecule has 0 saturated carbocycles. The standard InChI is InChI=1S/C9H10FN3O4/c10-5-3-6(8(14)15)7(13-4-5)12-1-2-17-9(11)16/h3-4H,1-2H2,(H2,11,16)(H,12,13)(H,14,15). The van der Waals surface area contributed by atoms with Crippen LogP contribution in [0.2, 0.25) is 0 Å². The van der Waals surface area contributed by atoms with E-state index in [4.69, 9.17) is 10.8 Å². The smallest absolute Gasteiger partial charge is 0.404 e. The molecule has 0 aromatic carbocycles. The SMILES string of the molecule is NC(=O)OCCNc1ncc(F)cc1C(=O)O. The van der Waals surface area contributed by atoms with Gasteiger partial charge in [-0.05, 0) is 6.07 Å². The topological polar surface area (TPSA) is 115 Å². The highest BCUT2D eigenvalue weighted by Gasteiger charge is 2.12. The number of aromatic nitrogens is 1. The summed E-state index contributed by atoms with van der Waals surface area (Å²) in [5.74, 6) is -2.07. The van der Waals surface area contributed by atoms with Crippen molar-refractivity contribution in [2.45, 2.75) is 0 Å². The molecule has 0 saturated heterocycles. The Bertz CT molecular complexity index is 438. The molecule has 1 rings (SSSR count). The third kappa shape index (κ3) is 3.93. The molecule has 1 amide bonds. The largest absolute Gasteiger partial charge is 0.478 e. The van der Waals surface area contributed by atoms with Crippen molar-refractivity contribution in [1.82, 2.24) is 4.98 Å². The first-order valence-electron chi connectivity index (χ1n) is 4.55. The van der Waals surface area contributed by atoms with Crippen LogP contribution in [0.1, 0.15) is 10.4 Å². The summed E-state index contributed by atoms with van der Waals surface area (Å²) in [5, 5.41) is 11.4. The fourth-order valence-electron chi connectivity index (χ4n) is 1.06. The van der Waals surface area contributed by atoms with Crippen LogP contribution < -0.4 is 11.1 Å². The molecule has 92 valence electrons. The Hall–Kier alpha value is -2.38. The molecule has 0 radical (unpaired) electrons. The Labute approximate surface area is 95.4 Å². The third-order valence-electron chi connectivity index (χ3n) is 1.72. The first-order chi connectivity index (χ1) is 8.00. The number of hydrogen-bond donors (Lipinski definition) is 3. The Morgan fingerprint density at radius 2 is 2.29 bits per heavy atom. The average molecular weight is 243 g/mol. The zero-order valence-electron chi connectivity index (χ0n) is 8.64. The van der Waals surface area contributed by atoms with Gasteiger partial charge in [0.15, 0.2) is 0 Å². The molecule has 0 fully saturated rings. The maximum absolute atomic E-state index is 12.8. The summed E-state index contributed by atoms with van der Waals surface area (Å²) in [5.41, 5.74) is 4.42. The van der Waals surface area contributed by atoms with E-state index in [9.17, 15) is 14.0 Å². The molecule has 0 aliphatic rings. The third-order valence-corrected chi connectivity index (χ3v) is 1.72. The summed E-state index contributed by atoms with van der Waals surface area (Å²) in [6.45, 7) is 0.0648. The van der Waals surface area contributed by atoms with Gasteiger partial charge < -0.3 is 20.9 Å². The van der Waals surface area contributed by atoms with Crippen molar-refractivity contribution in [3.05, 3.63) is 23.6 Å². The first kappa shape index (κ1) is 12.7. The fourth-order valence-corrected chi connectivity index (χ4v) is 1.06. The van der Waals surface area contributed by atoms with E-state index in [-0.39, 0.29) is 24.5 Å². The number of carbonyl (C=O) groups is 2. The van der Waals surface area contributed by atoms with Gasteiger partial charge in [-0.2, -0.15) is 0 Å². The van der Waals surface area contributed by atoms with Crippen LogP contribution in [0.4, 0.5) is 15.0 Å². The highest BCUT2D eigenvalue weighted by Crippen LogP contribution is 2.13. The number of carbonyl (C=O) groups excluding carboxylic acids is 1. The van der Waals surface area contributed by atoms with Crippen molar-refractivity contribution in [3.8, 4) is 0 Å². The molecule has 4 N–H and O–H groups in total. The van der Waals surface area contributed by atoms with Crippen LogP contribution in [0.15, 0.2) is 12.3 Å². The van der Waals surface area contributed by atoms with Crippen LogP contribution in [0, 0.1) is 5.82 Å². The highest BCUT2D eigenvalue weighted by molar-refractivity contribution is 5.93. The number of pyridine rings is 1. The minimum absolute atomic E-state index is 0.00743. The fraction of sp³-hybridized carbons (Fsp3) is 0.222. The molecule has 17 heavy (non-hydrogen) atoms. The van der Waals surface area contributed by atoms with Crippen molar-refractivity contribution in [1.29, 1.82) is 0 Å². The van der Waals surface area contributed by atoms with E-state index >= 15 is 0 Å². The Balaban J connectivity index is 2.64. The van der Waals surface area contributed by atoms with E-state index in [1.165, 1.54) is 0 Å². The second kappa shape index (κ2) is 5.64. The van der Waals surface area contributed by atoms with Gasteiger partial charge in [-0.15, -0.1) is 0 Å². The van der Waals surface area contributed by atoms with E-state index in [0.717, 1.165) is 12.3 Å². The van der Waals surface area contributed by atoms with Gasteiger partial charge in [-0.25, -0.2) is 19.0 Å². The van der Waals surface area contributed by atoms with E-state index in [0.29, 0.717) is 0 Å². The Morgan fingerprint density at radius 1 is 1.59 bits per heavy atom. The summed E-state index contributed by atoms with van der Waals surface area (Å²) >= 11 is 0. The molecule has 1 heterocycles. The minimum Gasteiger partial charge on any atom is -0.478 e. The molecule has 0 atom stereocenters. The maximum atomic E-state index is 12.8. The van der Waals surface area contributed by atoms with Crippen molar-refractivity contribution in [2.75, 3.05) is 18.5 Å². The van der Waals surface area contributed by atoms with Gasteiger partial charge in [-0.3, -0.25) is 0 Å². The number of ether oxygens (including phenoxy) is 1. The van der Waals surface area contributed by atoms with Gasteiger partial charge in [0.05, 0.1) is 12.7 Å². The summed E-state index contributed by atoms with van der Waals surface area (Å²) in [4.78, 5) is 24.6. The van der Waals surface area contributed by atoms with Crippen LogP contribution in [-0.2, 0) is 4.74 Å². The molecule has 1 aromatic rings. The quantitative estimate of drug-likeness (QED) is 0.646. The van der Waals surface area contributed by atoms with Crippen LogP contribution in [0.5, 0.6) is 0 Å². The van der Waals surface area contributed by atoms with Crippen LogP contribution >= 0.6 is 0 Å². The summed E-state index contributed by atoms with van der Waals surface area (Å²) in [6.07, 6.45) is -0.0543. The van der Waals surface area contributed by atoms with Crippen molar-refractivity contribution < 1.29 is 23.8 Å². The number of aromatic carboxylic acids is 1. The molecule has 8 heteroatoms. The minimum atomic E-state index is -1.31. The molecular weight excluding hydrogens is 233 g/mol. The summed E-state index contributed by atoms with van der Waals surface area (Å²) < 4.78 is 17.2. The monoisotopic (exact) mass is 243 g/mol. The zero-order chi connectivity index (χ0) is 12.8. The van der Waals surface area contributed by atoms with E-state index in [2.05, 4.69) is 15.0 Å². The molecule has 0 spiro atoms. The number of nitrogens with one attached hydrogen (secondary N) is 1. The lowest BCUT2D eigenvalue weighted by atomic mass is 10.2. The van der Waals surface area contributed by atoms with Crippen LogP contribution in [0.25, 0.3) is 0 Å². The molecular formula is C9H10FN3O4. The normalized spacial score (nSPS) is 9.71. The van der Waals surface area contributed by atoms with Crippen LogP contribution in [0.3, 0.4) is 0 Å². The Kier molecular flexibility index (Phi) is 4.21. The number of rotatable bonds is 5. The average Bonchev–Trinajstić information content (AvgIpc) is 2.25. The van der Waals surface area contributed by atoms with Crippen molar-refractivity contribution >= 4 is 17.9 Å². The van der Waals surface area contributed by atoms with Gasteiger partial charge in [0.25, 0.3) is 0 Å². The van der Waals surface area contributed by atoms with Crippen molar-refractivity contribution in [3.63, 3.8) is 0 Å². The summed E-state index contributed by atoms with van der Waals surface area (Å²) in [7, 11) is 0. The van der Waals surface area contributed by atoms with Crippen LogP contribution in [-0.4, -0.2) is 35.3 Å². The number of nitrogens with zero attached hydrogens (tertiary/aromatic N) is 1. The number of anilines is 1. The highest BCUT2D eigenvalue weighted by atomic mass is 19.1. The Morgan fingerprint density at radius 3 is 2.88 bits per heavy atom.